The summed E-state index contributed by atoms with van der Waals surface area (Å²) in [5.74, 6) is -1.40. The average Bonchev–Trinajstić information content (AvgIpc) is 2.64. The van der Waals surface area contributed by atoms with Crippen LogP contribution in [0.5, 0.6) is 0 Å². The van der Waals surface area contributed by atoms with Gasteiger partial charge in [0.1, 0.15) is 17.8 Å². The molecule has 1 amide bonds. The lowest BCUT2D eigenvalue weighted by molar-refractivity contribution is 0.137. The van der Waals surface area contributed by atoms with Gasteiger partial charge in [-0.25, -0.2) is 18.0 Å². The third kappa shape index (κ3) is 2.20. The number of rotatable bonds is 1. The Bertz CT molecular complexity index is 452. The molecule has 1 heterocycles. The van der Waals surface area contributed by atoms with E-state index in [9.17, 15) is 18.0 Å². The lowest BCUT2D eigenvalue weighted by Crippen LogP contribution is -2.30. The molecule has 1 aliphatic heterocycles. The fourth-order valence-corrected chi connectivity index (χ4v) is 2.06. The minimum absolute atomic E-state index is 0.118. The van der Waals surface area contributed by atoms with Crippen LogP contribution in [-0.2, 0) is 0 Å². The molecule has 0 spiro atoms. The van der Waals surface area contributed by atoms with Gasteiger partial charge in [-0.1, -0.05) is 0 Å². The standard InChI is InChI=1S/C11H10F3NO2/c12-6-1-2-9(14)8(3-6)10-4-7(13)5-15(10)11(16)17/h1-3,7,10H,4-5H2,(H,16,17)/t7-,10+/m0/s1. The quantitative estimate of drug-likeness (QED) is 0.826. The summed E-state index contributed by atoms with van der Waals surface area (Å²) in [5, 5.41) is 8.87. The Labute approximate surface area is 95.5 Å². The van der Waals surface area contributed by atoms with Gasteiger partial charge in [-0.15, -0.1) is 0 Å². The Morgan fingerprint density at radius 3 is 2.76 bits per heavy atom. The van der Waals surface area contributed by atoms with E-state index in [0.717, 1.165) is 23.1 Å². The Kier molecular flexibility index (Phi) is 2.95. The minimum Gasteiger partial charge on any atom is -0.465 e. The number of benzene rings is 1. The van der Waals surface area contributed by atoms with Crippen LogP contribution in [0.4, 0.5) is 18.0 Å². The van der Waals surface area contributed by atoms with Gasteiger partial charge in [0.2, 0.25) is 0 Å². The number of nitrogens with zero attached hydrogens (tertiary/aromatic N) is 1. The maximum Gasteiger partial charge on any atom is 0.407 e. The molecule has 0 saturated carbocycles. The van der Waals surface area contributed by atoms with E-state index >= 15 is 0 Å². The lowest BCUT2D eigenvalue weighted by atomic mass is 10.0. The highest BCUT2D eigenvalue weighted by atomic mass is 19.1. The molecular weight excluding hydrogens is 235 g/mol. The number of hydrogen-bond donors (Lipinski definition) is 1. The summed E-state index contributed by atoms with van der Waals surface area (Å²) in [4.78, 5) is 11.7. The molecule has 0 aliphatic carbocycles. The summed E-state index contributed by atoms with van der Waals surface area (Å²) in [6.45, 7) is -0.310. The Morgan fingerprint density at radius 2 is 2.12 bits per heavy atom. The van der Waals surface area contributed by atoms with E-state index in [1.807, 2.05) is 0 Å². The molecule has 1 fully saturated rings. The van der Waals surface area contributed by atoms with Crippen molar-refractivity contribution in [3.63, 3.8) is 0 Å². The molecule has 0 bridgehead atoms. The van der Waals surface area contributed by atoms with E-state index in [4.69, 9.17) is 5.11 Å². The van der Waals surface area contributed by atoms with Crippen LogP contribution in [0, 0.1) is 11.6 Å². The van der Waals surface area contributed by atoms with Gasteiger partial charge >= 0.3 is 6.09 Å². The van der Waals surface area contributed by atoms with Crippen LogP contribution >= 0.6 is 0 Å². The van der Waals surface area contributed by atoms with Crippen molar-refractivity contribution in [2.24, 2.45) is 0 Å². The lowest BCUT2D eigenvalue weighted by Gasteiger charge is -2.21. The first-order valence-electron chi connectivity index (χ1n) is 5.07. The number of amides is 1. The van der Waals surface area contributed by atoms with Gasteiger partial charge in [-0.05, 0) is 18.2 Å². The smallest absolute Gasteiger partial charge is 0.407 e. The van der Waals surface area contributed by atoms with Crippen LogP contribution in [0.1, 0.15) is 18.0 Å². The number of alkyl halides is 1. The topological polar surface area (TPSA) is 40.5 Å². The summed E-state index contributed by atoms with van der Waals surface area (Å²) in [6, 6.07) is 1.80. The van der Waals surface area contributed by atoms with Crippen LogP contribution in [-0.4, -0.2) is 28.8 Å². The van der Waals surface area contributed by atoms with Crippen molar-refractivity contribution in [2.45, 2.75) is 18.6 Å². The van der Waals surface area contributed by atoms with Crippen molar-refractivity contribution in [1.29, 1.82) is 0 Å². The zero-order chi connectivity index (χ0) is 12.6. The van der Waals surface area contributed by atoms with Crippen molar-refractivity contribution in [1.82, 2.24) is 4.90 Å². The fraction of sp³-hybridized carbons (Fsp3) is 0.364. The molecule has 1 aromatic carbocycles. The van der Waals surface area contributed by atoms with Crippen molar-refractivity contribution in [2.75, 3.05) is 6.54 Å². The van der Waals surface area contributed by atoms with E-state index in [0.29, 0.717) is 0 Å². The predicted molar refractivity (Wildman–Crippen MR) is 53.3 cm³/mol. The van der Waals surface area contributed by atoms with Crippen molar-refractivity contribution < 1.29 is 23.1 Å². The van der Waals surface area contributed by atoms with E-state index in [1.165, 1.54) is 0 Å². The SMILES string of the molecule is O=C(O)N1C[C@@H](F)C[C@@H]1c1cc(F)ccc1F. The number of carbonyl (C=O) groups is 1. The van der Waals surface area contributed by atoms with Gasteiger partial charge in [0.15, 0.2) is 0 Å². The molecule has 0 unspecified atom stereocenters. The average molecular weight is 245 g/mol. The molecule has 92 valence electrons. The maximum absolute atomic E-state index is 13.5. The summed E-state index contributed by atoms with van der Waals surface area (Å²) in [7, 11) is 0. The summed E-state index contributed by atoms with van der Waals surface area (Å²) in [6.07, 6.45) is -2.83. The monoisotopic (exact) mass is 245 g/mol. The zero-order valence-electron chi connectivity index (χ0n) is 8.74. The third-order valence-corrected chi connectivity index (χ3v) is 2.81. The molecule has 1 aliphatic rings. The van der Waals surface area contributed by atoms with E-state index in [-0.39, 0.29) is 18.5 Å². The number of carboxylic acid groups (broad SMARTS) is 1. The van der Waals surface area contributed by atoms with Crippen molar-refractivity contribution >= 4 is 6.09 Å². The largest absolute Gasteiger partial charge is 0.465 e. The minimum atomic E-state index is -1.35. The highest BCUT2D eigenvalue weighted by molar-refractivity contribution is 5.66. The maximum atomic E-state index is 13.5. The summed E-state index contributed by atoms with van der Waals surface area (Å²) in [5.41, 5.74) is -0.118. The molecule has 1 aromatic rings. The van der Waals surface area contributed by atoms with Gasteiger partial charge in [0.25, 0.3) is 0 Å². The van der Waals surface area contributed by atoms with Crippen LogP contribution in [0.15, 0.2) is 18.2 Å². The number of hydrogen-bond acceptors (Lipinski definition) is 1. The highest BCUT2D eigenvalue weighted by Crippen LogP contribution is 2.35. The molecule has 3 nitrogen and oxygen atoms in total. The Hall–Kier alpha value is -1.72. The van der Waals surface area contributed by atoms with Gasteiger partial charge in [0.05, 0.1) is 12.6 Å². The van der Waals surface area contributed by atoms with Gasteiger partial charge in [-0.3, -0.25) is 4.90 Å². The molecule has 1 saturated heterocycles. The van der Waals surface area contributed by atoms with Gasteiger partial charge in [0, 0.05) is 12.0 Å². The third-order valence-electron chi connectivity index (χ3n) is 2.81. The van der Waals surface area contributed by atoms with Gasteiger partial charge in [-0.2, -0.15) is 0 Å². The predicted octanol–water partition coefficient (Wildman–Crippen LogP) is 2.73. The Morgan fingerprint density at radius 1 is 1.41 bits per heavy atom. The molecule has 2 atom stereocenters. The second-order valence-electron chi connectivity index (χ2n) is 3.95. The highest BCUT2D eigenvalue weighted by Gasteiger charge is 2.37. The second-order valence-corrected chi connectivity index (χ2v) is 3.95. The Balaban J connectivity index is 2.37. The number of likely N-dealkylation sites (tertiary alicyclic amines) is 1. The molecule has 17 heavy (non-hydrogen) atoms. The van der Waals surface area contributed by atoms with E-state index in [1.54, 1.807) is 0 Å². The zero-order valence-corrected chi connectivity index (χ0v) is 8.74. The molecule has 0 aromatic heterocycles. The van der Waals surface area contributed by atoms with E-state index < -0.39 is 29.9 Å². The van der Waals surface area contributed by atoms with Crippen LogP contribution in [0.3, 0.4) is 0 Å². The summed E-state index contributed by atoms with van der Waals surface area (Å²) >= 11 is 0. The number of halogens is 3. The summed E-state index contributed by atoms with van der Waals surface area (Å²) < 4.78 is 39.7. The fourth-order valence-electron chi connectivity index (χ4n) is 2.06. The van der Waals surface area contributed by atoms with Crippen LogP contribution < -0.4 is 0 Å². The van der Waals surface area contributed by atoms with Crippen LogP contribution in [0.25, 0.3) is 0 Å². The van der Waals surface area contributed by atoms with Crippen molar-refractivity contribution in [3.8, 4) is 0 Å². The first-order chi connectivity index (χ1) is 7.99. The molecule has 1 N–H and O–H groups in total. The molecule has 2 rings (SSSR count). The van der Waals surface area contributed by atoms with Crippen LogP contribution in [0.2, 0.25) is 0 Å². The molecular formula is C11H10F3NO2. The normalized spacial score (nSPS) is 24.1. The van der Waals surface area contributed by atoms with Crippen molar-refractivity contribution in [3.05, 3.63) is 35.4 Å². The molecule has 6 heteroatoms. The first kappa shape index (κ1) is 11.8. The first-order valence-corrected chi connectivity index (χ1v) is 5.07. The second kappa shape index (κ2) is 4.27. The molecule has 0 radical (unpaired) electrons. The van der Waals surface area contributed by atoms with Gasteiger partial charge < -0.3 is 5.11 Å². The van der Waals surface area contributed by atoms with E-state index in [2.05, 4.69) is 0 Å².